The SMILES string of the molecule is CC(C)N1CCN([n+]2cc([O-])on2)C(C)(C)C1. The molecule has 0 aromatic carbocycles. The van der Waals surface area contributed by atoms with Crippen molar-refractivity contribution in [2.24, 2.45) is 0 Å². The predicted octanol–water partition coefficient (Wildman–Crippen LogP) is -0.524. The molecule has 1 aliphatic heterocycles. The van der Waals surface area contributed by atoms with E-state index >= 15 is 0 Å². The Morgan fingerprint density at radius 2 is 2.18 bits per heavy atom. The van der Waals surface area contributed by atoms with Crippen LogP contribution < -0.4 is 14.9 Å². The van der Waals surface area contributed by atoms with E-state index in [2.05, 4.69) is 47.4 Å². The summed E-state index contributed by atoms with van der Waals surface area (Å²) in [5.74, 6) is -0.410. The van der Waals surface area contributed by atoms with E-state index in [1.807, 2.05) is 0 Å². The summed E-state index contributed by atoms with van der Waals surface area (Å²) in [4.78, 5) is 3.95. The van der Waals surface area contributed by atoms with Gasteiger partial charge in [-0.25, -0.2) is 0 Å². The van der Waals surface area contributed by atoms with E-state index < -0.39 is 5.95 Å². The van der Waals surface area contributed by atoms with Crippen LogP contribution in [0.3, 0.4) is 0 Å². The monoisotopic (exact) mass is 240 g/mol. The second kappa shape index (κ2) is 4.18. The molecule has 1 aromatic heterocycles. The molecule has 2 heterocycles. The van der Waals surface area contributed by atoms with Crippen LogP contribution in [0.15, 0.2) is 10.7 Å². The standard InChI is InChI=1S/C11H20N4O2/c1-9(2)13-5-6-14(11(3,4)8-13)15-7-10(16)17-12-15/h7,9H,5-6,8H2,1-4H3. The van der Waals surface area contributed by atoms with Gasteiger partial charge in [-0.1, -0.05) is 0 Å². The molecule has 6 heteroatoms. The number of rotatable bonds is 2. The first-order valence-corrected chi connectivity index (χ1v) is 5.98. The molecule has 0 bridgehead atoms. The highest BCUT2D eigenvalue weighted by Gasteiger charge is 2.40. The Labute approximate surface area is 101 Å². The van der Waals surface area contributed by atoms with Gasteiger partial charge in [0.05, 0.1) is 6.54 Å². The molecule has 2 rings (SSSR count). The average molecular weight is 240 g/mol. The molecule has 0 amide bonds. The molecule has 0 radical (unpaired) electrons. The minimum Gasteiger partial charge on any atom is -0.539 e. The maximum absolute atomic E-state index is 11.0. The second-order valence-corrected chi connectivity index (χ2v) is 5.44. The van der Waals surface area contributed by atoms with Crippen molar-refractivity contribution >= 4 is 0 Å². The third kappa shape index (κ3) is 2.36. The van der Waals surface area contributed by atoms with E-state index in [1.54, 1.807) is 0 Å². The van der Waals surface area contributed by atoms with Gasteiger partial charge in [-0.15, -0.1) is 5.01 Å². The molecule has 0 unspecified atom stereocenters. The van der Waals surface area contributed by atoms with Gasteiger partial charge in [-0.3, -0.25) is 4.90 Å². The normalized spacial score (nSPS) is 21.1. The number of hydrogen-bond acceptors (Lipinski definition) is 5. The van der Waals surface area contributed by atoms with Gasteiger partial charge in [0, 0.05) is 23.9 Å². The first kappa shape index (κ1) is 12.2. The third-order valence-electron chi connectivity index (χ3n) is 3.30. The smallest absolute Gasteiger partial charge is 0.255 e. The maximum atomic E-state index is 11.0. The Hall–Kier alpha value is -1.30. The van der Waals surface area contributed by atoms with Crippen molar-refractivity contribution in [3.05, 3.63) is 6.20 Å². The molecule has 0 atom stereocenters. The molecule has 1 aromatic rings. The number of hydrogen-bond donors (Lipinski definition) is 0. The van der Waals surface area contributed by atoms with Crippen molar-refractivity contribution in [1.82, 2.24) is 10.2 Å². The molecule has 6 nitrogen and oxygen atoms in total. The highest BCUT2D eigenvalue weighted by Crippen LogP contribution is 2.18. The van der Waals surface area contributed by atoms with Gasteiger partial charge < -0.3 is 9.63 Å². The molecular formula is C11H20N4O2. The van der Waals surface area contributed by atoms with Crippen molar-refractivity contribution in [1.29, 1.82) is 0 Å². The van der Waals surface area contributed by atoms with Crippen molar-refractivity contribution in [2.45, 2.75) is 39.3 Å². The van der Waals surface area contributed by atoms with Crippen LogP contribution in [-0.2, 0) is 0 Å². The third-order valence-corrected chi connectivity index (χ3v) is 3.30. The largest absolute Gasteiger partial charge is 0.539 e. The van der Waals surface area contributed by atoms with Crippen molar-refractivity contribution in [3.63, 3.8) is 0 Å². The fourth-order valence-corrected chi connectivity index (χ4v) is 2.34. The lowest BCUT2D eigenvalue weighted by Gasteiger charge is -2.43. The number of nitrogens with zero attached hydrogens (tertiary/aromatic N) is 4. The summed E-state index contributed by atoms with van der Waals surface area (Å²) in [6, 6.07) is 0.536. The Morgan fingerprint density at radius 3 is 2.65 bits per heavy atom. The summed E-state index contributed by atoms with van der Waals surface area (Å²) in [5, 5.41) is 16.8. The summed E-state index contributed by atoms with van der Waals surface area (Å²) in [6.45, 7) is 11.4. The Balaban J connectivity index is 2.16. The highest BCUT2D eigenvalue weighted by atomic mass is 16.6. The summed E-state index contributed by atoms with van der Waals surface area (Å²) in [6.07, 6.45) is 1.38. The van der Waals surface area contributed by atoms with Gasteiger partial charge in [0.1, 0.15) is 10.8 Å². The van der Waals surface area contributed by atoms with Gasteiger partial charge in [-0.05, 0) is 27.7 Å². The lowest BCUT2D eigenvalue weighted by molar-refractivity contribution is -0.766. The highest BCUT2D eigenvalue weighted by molar-refractivity contribution is 5.00. The molecule has 96 valence electrons. The van der Waals surface area contributed by atoms with Crippen molar-refractivity contribution < 1.29 is 14.4 Å². The van der Waals surface area contributed by atoms with Gasteiger partial charge in [0.25, 0.3) is 6.20 Å². The van der Waals surface area contributed by atoms with Crippen molar-refractivity contribution in [2.75, 3.05) is 24.6 Å². The van der Waals surface area contributed by atoms with Crippen molar-refractivity contribution in [3.8, 4) is 5.95 Å². The van der Waals surface area contributed by atoms with Crippen LogP contribution in [0.1, 0.15) is 27.7 Å². The van der Waals surface area contributed by atoms with Crippen LogP contribution in [0.25, 0.3) is 0 Å². The Kier molecular flexibility index (Phi) is 2.99. The van der Waals surface area contributed by atoms with E-state index in [0.29, 0.717) is 6.04 Å². The topological polar surface area (TPSA) is 59.5 Å². The van der Waals surface area contributed by atoms with Crippen LogP contribution in [0.5, 0.6) is 5.95 Å². The van der Waals surface area contributed by atoms with E-state index in [4.69, 9.17) is 0 Å². The zero-order valence-corrected chi connectivity index (χ0v) is 10.9. The van der Waals surface area contributed by atoms with E-state index in [-0.39, 0.29) is 5.54 Å². The lowest BCUT2D eigenvalue weighted by atomic mass is 10.00. The molecule has 1 fully saturated rings. The molecule has 1 saturated heterocycles. The van der Waals surface area contributed by atoms with Crippen LogP contribution >= 0.6 is 0 Å². The summed E-state index contributed by atoms with van der Waals surface area (Å²) < 4.78 is 4.59. The lowest BCUT2D eigenvalue weighted by Crippen LogP contribution is -2.74. The molecule has 0 N–H and O–H groups in total. The molecule has 0 spiro atoms. The quantitative estimate of drug-likeness (QED) is 0.651. The first-order valence-electron chi connectivity index (χ1n) is 5.98. The van der Waals surface area contributed by atoms with E-state index in [9.17, 15) is 5.11 Å². The van der Waals surface area contributed by atoms with Gasteiger partial charge in [0.2, 0.25) is 0 Å². The summed E-state index contributed by atoms with van der Waals surface area (Å²) >= 11 is 0. The van der Waals surface area contributed by atoms with E-state index in [1.165, 1.54) is 11.0 Å². The Morgan fingerprint density at radius 1 is 1.47 bits per heavy atom. The zero-order chi connectivity index (χ0) is 12.6. The van der Waals surface area contributed by atoms with Crippen LogP contribution in [0.2, 0.25) is 0 Å². The van der Waals surface area contributed by atoms with Crippen LogP contribution in [0.4, 0.5) is 0 Å². The molecular weight excluding hydrogens is 220 g/mol. The summed E-state index contributed by atoms with van der Waals surface area (Å²) in [7, 11) is 0. The fourth-order valence-electron chi connectivity index (χ4n) is 2.34. The molecule has 0 aliphatic carbocycles. The number of piperazine rings is 1. The minimum atomic E-state index is -0.410. The zero-order valence-electron chi connectivity index (χ0n) is 10.9. The number of aromatic nitrogens is 2. The molecule has 0 saturated carbocycles. The van der Waals surface area contributed by atoms with Crippen LogP contribution in [0, 0.1) is 0 Å². The minimum absolute atomic E-state index is 0.0729. The average Bonchev–Trinajstić information content (AvgIpc) is 2.62. The van der Waals surface area contributed by atoms with Gasteiger partial charge in [-0.2, -0.15) is 0 Å². The van der Waals surface area contributed by atoms with E-state index in [0.717, 1.165) is 19.6 Å². The predicted molar refractivity (Wildman–Crippen MR) is 60.0 cm³/mol. The van der Waals surface area contributed by atoms with Crippen LogP contribution in [-0.4, -0.2) is 41.4 Å². The molecule has 1 aliphatic rings. The second-order valence-electron chi connectivity index (χ2n) is 5.44. The summed E-state index contributed by atoms with van der Waals surface area (Å²) in [5.41, 5.74) is -0.0729. The molecule has 17 heavy (non-hydrogen) atoms. The van der Waals surface area contributed by atoms with Gasteiger partial charge in [0.15, 0.2) is 5.95 Å². The first-order chi connectivity index (χ1) is 7.90. The Bertz CT molecular complexity index is 389. The maximum Gasteiger partial charge on any atom is 0.255 e. The van der Waals surface area contributed by atoms with Gasteiger partial charge >= 0.3 is 0 Å². The fraction of sp³-hybridized carbons (Fsp3) is 0.818.